The van der Waals surface area contributed by atoms with Gasteiger partial charge >= 0.3 is 0 Å². The quantitative estimate of drug-likeness (QED) is 0.858. The van der Waals surface area contributed by atoms with Crippen molar-refractivity contribution in [2.75, 3.05) is 17.2 Å². The molecule has 0 aromatic carbocycles. The Labute approximate surface area is 111 Å². The Balaban J connectivity index is 2.22. The zero-order valence-electron chi connectivity index (χ0n) is 10.8. The second-order valence-electron chi connectivity index (χ2n) is 4.91. The number of anilines is 1. The summed E-state index contributed by atoms with van der Waals surface area (Å²) < 4.78 is 2.37. The molecule has 0 amide bonds. The Morgan fingerprint density at radius 3 is 2.94 bits per heavy atom. The van der Waals surface area contributed by atoms with Gasteiger partial charge in [0.2, 0.25) is 0 Å². The van der Waals surface area contributed by atoms with Crippen LogP contribution in [0.3, 0.4) is 0 Å². The lowest BCUT2D eigenvalue weighted by atomic mass is 10.1. The molecular formula is C13H18N4S. The molecule has 96 valence electrons. The minimum atomic E-state index is 0.550. The van der Waals surface area contributed by atoms with E-state index in [1.807, 2.05) is 11.8 Å². The summed E-state index contributed by atoms with van der Waals surface area (Å²) in [5.41, 5.74) is 9.51. The summed E-state index contributed by atoms with van der Waals surface area (Å²) in [5.74, 6) is 3.06. The molecule has 18 heavy (non-hydrogen) atoms. The smallest absolute Gasteiger partial charge is 0.146 e. The number of hydrogen-bond acceptors (Lipinski definition) is 4. The first kappa shape index (κ1) is 11.8. The molecule has 1 atom stereocenters. The third kappa shape index (κ3) is 1.68. The van der Waals surface area contributed by atoms with Crippen molar-refractivity contribution in [2.24, 2.45) is 0 Å². The van der Waals surface area contributed by atoms with E-state index in [9.17, 15) is 0 Å². The van der Waals surface area contributed by atoms with Crippen molar-refractivity contribution < 1.29 is 0 Å². The van der Waals surface area contributed by atoms with Crippen LogP contribution in [0.15, 0.2) is 6.33 Å². The lowest BCUT2D eigenvalue weighted by Gasteiger charge is -2.25. The zero-order valence-corrected chi connectivity index (χ0v) is 11.6. The van der Waals surface area contributed by atoms with E-state index in [1.165, 1.54) is 35.6 Å². The molecule has 0 radical (unpaired) electrons. The Kier molecular flexibility index (Phi) is 2.93. The second-order valence-corrected chi connectivity index (χ2v) is 6.06. The van der Waals surface area contributed by atoms with E-state index in [2.05, 4.69) is 28.4 Å². The van der Waals surface area contributed by atoms with Gasteiger partial charge in [-0.3, -0.25) is 0 Å². The third-order valence-electron chi connectivity index (χ3n) is 3.87. The number of rotatable bonds is 1. The van der Waals surface area contributed by atoms with Gasteiger partial charge in [0.25, 0.3) is 0 Å². The summed E-state index contributed by atoms with van der Waals surface area (Å²) in [4.78, 5) is 8.58. The van der Waals surface area contributed by atoms with Crippen LogP contribution in [-0.2, 0) is 0 Å². The summed E-state index contributed by atoms with van der Waals surface area (Å²) in [6.07, 6.45) is 4.10. The van der Waals surface area contributed by atoms with Gasteiger partial charge in [-0.25, -0.2) is 9.97 Å². The predicted octanol–water partition coefficient (Wildman–Crippen LogP) is 2.70. The van der Waals surface area contributed by atoms with Crippen molar-refractivity contribution in [1.29, 1.82) is 0 Å². The fourth-order valence-corrected chi connectivity index (χ4v) is 3.95. The van der Waals surface area contributed by atoms with E-state index in [0.717, 1.165) is 11.0 Å². The number of thioether (sulfide) groups is 1. The molecule has 4 nitrogen and oxygen atoms in total. The average molecular weight is 262 g/mol. The van der Waals surface area contributed by atoms with Gasteiger partial charge in [-0.05, 0) is 38.0 Å². The molecule has 5 heteroatoms. The van der Waals surface area contributed by atoms with Gasteiger partial charge in [-0.2, -0.15) is 11.8 Å². The first-order valence-corrected chi connectivity index (χ1v) is 7.51. The minimum Gasteiger partial charge on any atom is -0.383 e. The van der Waals surface area contributed by atoms with E-state index < -0.39 is 0 Å². The third-order valence-corrected chi connectivity index (χ3v) is 5.06. The first-order chi connectivity index (χ1) is 8.70. The van der Waals surface area contributed by atoms with Crippen LogP contribution in [0.4, 0.5) is 5.82 Å². The van der Waals surface area contributed by atoms with Gasteiger partial charge in [0.05, 0.1) is 5.39 Å². The van der Waals surface area contributed by atoms with Crippen molar-refractivity contribution in [1.82, 2.24) is 14.5 Å². The average Bonchev–Trinajstić information content (AvgIpc) is 2.64. The highest BCUT2D eigenvalue weighted by atomic mass is 32.2. The van der Waals surface area contributed by atoms with Gasteiger partial charge < -0.3 is 10.3 Å². The molecule has 0 spiro atoms. The lowest BCUT2D eigenvalue weighted by Crippen LogP contribution is -2.17. The Bertz CT molecular complexity index is 584. The number of nitrogen functional groups attached to an aromatic ring is 1. The van der Waals surface area contributed by atoms with Crippen LogP contribution in [-0.4, -0.2) is 26.0 Å². The first-order valence-electron chi connectivity index (χ1n) is 6.35. The summed E-state index contributed by atoms with van der Waals surface area (Å²) in [7, 11) is 0. The van der Waals surface area contributed by atoms with Gasteiger partial charge in [0, 0.05) is 17.5 Å². The predicted molar refractivity (Wildman–Crippen MR) is 77.0 cm³/mol. The summed E-state index contributed by atoms with van der Waals surface area (Å²) >= 11 is 2.03. The maximum atomic E-state index is 6.00. The molecule has 1 saturated heterocycles. The van der Waals surface area contributed by atoms with Crippen LogP contribution in [0.5, 0.6) is 0 Å². The van der Waals surface area contributed by atoms with E-state index >= 15 is 0 Å². The Morgan fingerprint density at radius 1 is 1.39 bits per heavy atom. The molecule has 2 N–H and O–H groups in total. The molecule has 1 fully saturated rings. The van der Waals surface area contributed by atoms with Crippen LogP contribution in [0, 0.1) is 13.8 Å². The normalized spacial score (nSPS) is 20.4. The molecule has 2 aromatic heterocycles. The minimum absolute atomic E-state index is 0.550. The molecule has 1 aliphatic heterocycles. The standard InChI is InChI=1S/C13H18N4S/c1-8-9(2)17(10-4-3-5-18-6-10)13-11(8)12(14)15-7-16-13/h7,10H,3-6H2,1-2H3,(H2,14,15,16). The van der Waals surface area contributed by atoms with E-state index in [-0.39, 0.29) is 0 Å². The monoisotopic (exact) mass is 262 g/mol. The van der Waals surface area contributed by atoms with Gasteiger partial charge in [0.15, 0.2) is 0 Å². The van der Waals surface area contributed by atoms with E-state index in [1.54, 1.807) is 6.33 Å². The van der Waals surface area contributed by atoms with Gasteiger partial charge in [-0.15, -0.1) is 0 Å². The second kappa shape index (κ2) is 4.46. The highest BCUT2D eigenvalue weighted by Crippen LogP contribution is 2.34. The maximum Gasteiger partial charge on any atom is 0.146 e. The van der Waals surface area contributed by atoms with E-state index in [0.29, 0.717) is 11.9 Å². The lowest BCUT2D eigenvalue weighted by molar-refractivity contribution is 0.502. The van der Waals surface area contributed by atoms with Crippen molar-refractivity contribution in [3.63, 3.8) is 0 Å². The van der Waals surface area contributed by atoms with Crippen LogP contribution >= 0.6 is 11.8 Å². The van der Waals surface area contributed by atoms with Crippen LogP contribution < -0.4 is 5.73 Å². The molecular weight excluding hydrogens is 244 g/mol. The number of hydrogen-bond donors (Lipinski definition) is 1. The maximum absolute atomic E-state index is 6.00. The van der Waals surface area contributed by atoms with Crippen LogP contribution in [0.1, 0.15) is 30.1 Å². The Hall–Kier alpha value is -1.23. The number of aryl methyl sites for hydroxylation is 1. The largest absolute Gasteiger partial charge is 0.383 e. The van der Waals surface area contributed by atoms with E-state index in [4.69, 9.17) is 5.73 Å². The number of nitrogens with zero attached hydrogens (tertiary/aromatic N) is 3. The summed E-state index contributed by atoms with van der Waals surface area (Å²) in [6.45, 7) is 4.28. The van der Waals surface area contributed by atoms with Crippen molar-refractivity contribution in [3.8, 4) is 0 Å². The van der Waals surface area contributed by atoms with Crippen LogP contribution in [0.25, 0.3) is 11.0 Å². The van der Waals surface area contributed by atoms with Crippen molar-refractivity contribution in [2.45, 2.75) is 32.7 Å². The molecule has 2 aromatic rings. The van der Waals surface area contributed by atoms with Crippen molar-refractivity contribution >= 4 is 28.6 Å². The fourth-order valence-electron chi connectivity index (χ4n) is 2.83. The zero-order chi connectivity index (χ0) is 12.7. The molecule has 1 unspecified atom stereocenters. The molecule has 0 aliphatic carbocycles. The SMILES string of the molecule is Cc1c(C)n(C2CCCSC2)c2ncnc(N)c12. The number of fused-ring (bicyclic) bond motifs is 1. The number of aromatic nitrogens is 3. The highest BCUT2D eigenvalue weighted by Gasteiger charge is 2.22. The molecule has 0 bridgehead atoms. The summed E-state index contributed by atoms with van der Waals surface area (Å²) in [5, 5.41) is 1.03. The Morgan fingerprint density at radius 2 is 2.22 bits per heavy atom. The number of nitrogens with two attached hydrogens (primary N) is 1. The van der Waals surface area contributed by atoms with Crippen molar-refractivity contribution in [3.05, 3.63) is 17.6 Å². The molecule has 1 aliphatic rings. The fraction of sp³-hybridized carbons (Fsp3) is 0.538. The molecule has 3 rings (SSSR count). The summed E-state index contributed by atoms with van der Waals surface area (Å²) in [6, 6.07) is 0.550. The van der Waals surface area contributed by atoms with Gasteiger partial charge in [0.1, 0.15) is 17.8 Å². The molecule has 0 saturated carbocycles. The van der Waals surface area contributed by atoms with Gasteiger partial charge in [-0.1, -0.05) is 0 Å². The topological polar surface area (TPSA) is 56.7 Å². The highest BCUT2D eigenvalue weighted by molar-refractivity contribution is 7.99. The molecule has 3 heterocycles. The van der Waals surface area contributed by atoms with Crippen LogP contribution in [0.2, 0.25) is 0 Å².